The highest BCUT2D eigenvalue weighted by Crippen LogP contribution is 2.28. The molecule has 72 valence electrons. The minimum Gasteiger partial charge on any atom is -0.480 e. The van der Waals surface area contributed by atoms with Crippen molar-refractivity contribution in [2.75, 3.05) is 0 Å². The van der Waals surface area contributed by atoms with Crippen molar-refractivity contribution in [2.24, 2.45) is 5.73 Å². The normalized spacial score (nSPS) is 12.9. The number of benzene rings is 1. The first-order valence-electron chi connectivity index (χ1n) is 4.15. The quantitative estimate of drug-likeness (QED) is 0.791. The molecule has 14 heavy (non-hydrogen) atoms. The second-order valence-corrected chi connectivity index (χ2v) is 4.12. The summed E-state index contributed by atoms with van der Waals surface area (Å²) in [6, 6.07) is 8.67. The van der Waals surface area contributed by atoms with Crippen LogP contribution in [-0.4, -0.2) is 11.1 Å². The Kier molecular flexibility index (Phi) is 2.23. The van der Waals surface area contributed by atoms with Gasteiger partial charge in [-0.2, -0.15) is 0 Å². The molecule has 0 aliphatic heterocycles. The number of carboxylic acid groups (broad SMARTS) is 1. The lowest BCUT2D eigenvalue weighted by molar-refractivity contribution is -0.138. The molecule has 0 saturated carbocycles. The van der Waals surface area contributed by atoms with Gasteiger partial charge in [0.15, 0.2) is 0 Å². The summed E-state index contributed by atoms with van der Waals surface area (Å²) in [5.74, 6) is -0.989. The molecule has 0 fully saturated rings. The summed E-state index contributed by atoms with van der Waals surface area (Å²) in [6.45, 7) is 0. The van der Waals surface area contributed by atoms with Gasteiger partial charge in [-0.15, -0.1) is 11.3 Å². The summed E-state index contributed by atoms with van der Waals surface area (Å²) in [5.41, 5.74) is 5.51. The van der Waals surface area contributed by atoms with E-state index in [1.54, 1.807) is 0 Å². The van der Waals surface area contributed by atoms with Gasteiger partial charge in [0.25, 0.3) is 0 Å². The second-order valence-electron chi connectivity index (χ2n) is 3.00. The van der Waals surface area contributed by atoms with Gasteiger partial charge in [0, 0.05) is 9.58 Å². The number of hydrogen-bond donors (Lipinski definition) is 2. The molecule has 2 rings (SSSR count). The van der Waals surface area contributed by atoms with Gasteiger partial charge in [0.05, 0.1) is 0 Å². The Morgan fingerprint density at radius 3 is 2.79 bits per heavy atom. The van der Waals surface area contributed by atoms with Crippen molar-refractivity contribution in [3.63, 3.8) is 0 Å². The van der Waals surface area contributed by atoms with Crippen molar-refractivity contribution in [1.82, 2.24) is 0 Å². The Hall–Kier alpha value is -1.39. The molecule has 3 N–H and O–H groups in total. The number of thiophene rings is 1. The molecule has 0 aliphatic carbocycles. The van der Waals surface area contributed by atoms with Gasteiger partial charge in [-0.25, -0.2) is 0 Å². The van der Waals surface area contributed by atoms with Gasteiger partial charge >= 0.3 is 5.97 Å². The molecule has 0 aliphatic rings. The first-order valence-corrected chi connectivity index (χ1v) is 4.97. The zero-order valence-corrected chi connectivity index (χ0v) is 8.12. The topological polar surface area (TPSA) is 63.3 Å². The highest BCUT2D eigenvalue weighted by Gasteiger charge is 2.16. The van der Waals surface area contributed by atoms with E-state index in [1.807, 2.05) is 30.3 Å². The second kappa shape index (κ2) is 3.40. The maximum Gasteiger partial charge on any atom is 0.325 e. The molecule has 0 unspecified atom stereocenters. The molecule has 2 aromatic rings. The molecule has 1 aromatic heterocycles. The molecule has 1 atom stereocenters. The molecule has 0 spiro atoms. The van der Waals surface area contributed by atoms with Crippen molar-refractivity contribution in [2.45, 2.75) is 6.04 Å². The summed E-state index contributed by atoms with van der Waals surface area (Å²) in [4.78, 5) is 11.4. The molecule has 0 bridgehead atoms. The van der Waals surface area contributed by atoms with Crippen LogP contribution < -0.4 is 5.73 Å². The van der Waals surface area contributed by atoms with E-state index in [9.17, 15) is 4.79 Å². The molecular weight excluding hydrogens is 198 g/mol. The lowest BCUT2D eigenvalue weighted by Gasteiger charge is -2.00. The highest BCUT2D eigenvalue weighted by atomic mass is 32.1. The van der Waals surface area contributed by atoms with E-state index in [1.165, 1.54) is 11.3 Å². The van der Waals surface area contributed by atoms with Crippen LogP contribution in [0.1, 0.15) is 10.9 Å². The van der Waals surface area contributed by atoms with Crippen LogP contribution in [0.3, 0.4) is 0 Å². The number of aliphatic carboxylic acids is 1. The fourth-order valence-corrected chi connectivity index (χ4v) is 2.34. The van der Waals surface area contributed by atoms with E-state index in [0.717, 1.165) is 10.1 Å². The third kappa shape index (κ3) is 1.49. The van der Waals surface area contributed by atoms with Gasteiger partial charge in [0.1, 0.15) is 6.04 Å². The minimum atomic E-state index is -0.989. The maximum atomic E-state index is 10.7. The number of rotatable bonds is 2. The minimum absolute atomic E-state index is 0.693. The van der Waals surface area contributed by atoms with Crippen molar-refractivity contribution in [3.8, 4) is 0 Å². The summed E-state index contributed by atoms with van der Waals surface area (Å²) in [6.07, 6.45) is 0. The number of carbonyl (C=O) groups is 1. The predicted octanol–water partition coefficient (Wildman–Crippen LogP) is 1.99. The van der Waals surface area contributed by atoms with E-state index in [2.05, 4.69) is 0 Å². The zero-order chi connectivity index (χ0) is 10.1. The van der Waals surface area contributed by atoms with Gasteiger partial charge < -0.3 is 10.8 Å². The molecule has 1 heterocycles. The fourth-order valence-electron chi connectivity index (χ4n) is 1.28. The van der Waals surface area contributed by atoms with Crippen LogP contribution in [0.2, 0.25) is 0 Å². The van der Waals surface area contributed by atoms with Crippen LogP contribution in [0.5, 0.6) is 0 Å². The Labute approximate surface area is 84.8 Å². The van der Waals surface area contributed by atoms with E-state index < -0.39 is 12.0 Å². The van der Waals surface area contributed by atoms with Crippen molar-refractivity contribution < 1.29 is 9.90 Å². The lowest BCUT2D eigenvalue weighted by atomic mass is 10.2. The predicted molar refractivity (Wildman–Crippen MR) is 56.4 cm³/mol. The number of hydrogen-bond acceptors (Lipinski definition) is 3. The molecule has 0 saturated heterocycles. The van der Waals surface area contributed by atoms with Crippen LogP contribution in [0.15, 0.2) is 30.3 Å². The molecule has 3 nitrogen and oxygen atoms in total. The van der Waals surface area contributed by atoms with Gasteiger partial charge in [0.2, 0.25) is 0 Å². The van der Waals surface area contributed by atoms with Gasteiger partial charge in [-0.1, -0.05) is 18.2 Å². The third-order valence-electron chi connectivity index (χ3n) is 2.02. The van der Waals surface area contributed by atoms with Crippen LogP contribution in [0.4, 0.5) is 0 Å². The van der Waals surface area contributed by atoms with Gasteiger partial charge in [-0.05, 0) is 17.5 Å². The van der Waals surface area contributed by atoms with Crippen LogP contribution in [0, 0.1) is 0 Å². The summed E-state index contributed by atoms with van der Waals surface area (Å²) < 4.78 is 1.07. The Balaban J connectivity index is 2.50. The highest BCUT2D eigenvalue weighted by molar-refractivity contribution is 7.19. The molecule has 0 radical (unpaired) electrons. The number of carboxylic acids is 1. The monoisotopic (exact) mass is 207 g/mol. The molecule has 0 amide bonds. The van der Waals surface area contributed by atoms with E-state index in [0.29, 0.717) is 4.88 Å². The summed E-state index contributed by atoms with van der Waals surface area (Å²) in [5, 5.41) is 9.79. The van der Waals surface area contributed by atoms with Crippen molar-refractivity contribution in [3.05, 3.63) is 35.2 Å². The van der Waals surface area contributed by atoms with Crippen LogP contribution >= 0.6 is 11.3 Å². The van der Waals surface area contributed by atoms with E-state index in [-0.39, 0.29) is 0 Å². The first-order chi connectivity index (χ1) is 6.68. The van der Waals surface area contributed by atoms with Crippen molar-refractivity contribution in [1.29, 1.82) is 0 Å². The van der Waals surface area contributed by atoms with Crippen LogP contribution in [0.25, 0.3) is 10.1 Å². The summed E-state index contributed by atoms with van der Waals surface area (Å²) in [7, 11) is 0. The molecule has 1 aromatic carbocycles. The molecule has 4 heteroatoms. The van der Waals surface area contributed by atoms with E-state index in [4.69, 9.17) is 10.8 Å². The van der Waals surface area contributed by atoms with Crippen molar-refractivity contribution >= 4 is 27.4 Å². The number of nitrogens with two attached hydrogens (primary N) is 1. The third-order valence-corrected chi connectivity index (χ3v) is 3.22. The Bertz CT molecular complexity index is 445. The maximum absolute atomic E-state index is 10.7. The lowest BCUT2D eigenvalue weighted by Crippen LogP contribution is -2.19. The first kappa shape index (κ1) is 9.18. The smallest absolute Gasteiger partial charge is 0.325 e. The SMILES string of the molecule is N[C@H](C(=O)O)c1cc2ccccc2s1. The Morgan fingerprint density at radius 1 is 1.43 bits per heavy atom. The Morgan fingerprint density at radius 2 is 2.14 bits per heavy atom. The largest absolute Gasteiger partial charge is 0.480 e. The van der Waals surface area contributed by atoms with E-state index >= 15 is 0 Å². The zero-order valence-electron chi connectivity index (χ0n) is 7.31. The average molecular weight is 207 g/mol. The molecular formula is C10H9NO2S. The van der Waals surface area contributed by atoms with Crippen LogP contribution in [-0.2, 0) is 4.79 Å². The standard InChI is InChI=1S/C10H9NO2S/c11-9(10(12)13)8-5-6-3-1-2-4-7(6)14-8/h1-5,9H,11H2,(H,12,13)/t9-/m0/s1. The average Bonchev–Trinajstić information content (AvgIpc) is 2.59. The number of fused-ring (bicyclic) bond motifs is 1. The fraction of sp³-hybridized carbons (Fsp3) is 0.100. The van der Waals surface area contributed by atoms with Gasteiger partial charge in [-0.3, -0.25) is 4.79 Å². The summed E-state index contributed by atoms with van der Waals surface area (Å²) >= 11 is 1.43.